The van der Waals surface area contributed by atoms with E-state index in [-0.39, 0.29) is 17.2 Å². The average molecular weight is 561 g/mol. The summed E-state index contributed by atoms with van der Waals surface area (Å²) in [6.07, 6.45) is 5.52. The molecule has 2 amide bonds. The summed E-state index contributed by atoms with van der Waals surface area (Å²) in [5.74, 6) is 0.391. The maximum atomic E-state index is 13.1. The van der Waals surface area contributed by atoms with Gasteiger partial charge in [0.2, 0.25) is 0 Å². The number of rotatable bonds is 7. The maximum absolute atomic E-state index is 13.1. The highest BCUT2D eigenvalue weighted by molar-refractivity contribution is 6.05. The van der Waals surface area contributed by atoms with Gasteiger partial charge in [-0.25, -0.2) is 9.97 Å². The zero-order valence-corrected chi connectivity index (χ0v) is 24.9. The molecule has 2 heterocycles. The molecule has 0 unspecified atom stereocenters. The number of nitrogens with one attached hydrogen (secondary N) is 2. The van der Waals surface area contributed by atoms with E-state index in [9.17, 15) is 9.59 Å². The minimum Gasteiger partial charge on any atom is -0.342 e. The number of nitrogens with zero attached hydrogens (tertiary/aromatic N) is 4. The van der Waals surface area contributed by atoms with Gasteiger partial charge in [-0.15, -0.1) is 0 Å². The first-order chi connectivity index (χ1) is 20.0. The van der Waals surface area contributed by atoms with Crippen LogP contribution in [0.25, 0.3) is 16.9 Å². The molecule has 8 heteroatoms. The van der Waals surface area contributed by atoms with Crippen molar-refractivity contribution in [1.29, 1.82) is 0 Å². The summed E-state index contributed by atoms with van der Waals surface area (Å²) in [5.41, 5.74) is 7.11. The fraction of sp³-hybridized carbons (Fsp3) is 0.235. The number of hydrogen-bond donors (Lipinski definition) is 2. The second-order valence-electron chi connectivity index (χ2n) is 11.4. The summed E-state index contributed by atoms with van der Waals surface area (Å²) >= 11 is 0. The third-order valence-corrected chi connectivity index (χ3v) is 7.46. The van der Waals surface area contributed by atoms with Gasteiger partial charge in [-0.2, -0.15) is 0 Å². The lowest BCUT2D eigenvalue weighted by atomic mass is 9.86. The Labute approximate surface area is 246 Å². The molecule has 0 aliphatic rings. The Morgan fingerprint density at radius 1 is 0.952 bits per heavy atom. The molecule has 0 saturated carbocycles. The van der Waals surface area contributed by atoms with Gasteiger partial charge in [-0.3, -0.25) is 9.59 Å². The highest BCUT2D eigenvalue weighted by Gasteiger charge is 2.17. The monoisotopic (exact) mass is 560 g/mol. The number of carbonyl (C=O) groups is 2. The van der Waals surface area contributed by atoms with Crippen molar-refractivity contribution in [3.8, 4) is 11.3 Å². The Morgan fingerprint density at radius 2 is 1.64 bits per heavy atom. The van der Waals surface area contributed by atoms with Crippen molar-refractivity contribution in [2.24, 2.45) is 0 Å². The van der Waals surface area contributed by atoms with E-state index in [1.54, 1.807) is 30.3 Å². The summed E-state index contributed by atoms with van der Waals surface area (Å²) in [6, 6.07) is 20.9. The van der Waals surface area contributed by atoms with E-state index in [4.69, 9.17) is 4.98 Å². The van der Waals surface area contributed by atoms with E-state index in [0.29, 0.717) is 29.1 Å². The Bertz CT molecular complexity index is 1750. The fourth-order valence-electron chi connectivity index (χ4n) is 4.71. The van der Waals surface area contributed by atoms with Crippen LogP contribution < -0.4 is 10.6 Å². The highest BCUT2D eigenvalue weighted by atomic mass is 16.2. The van der Waals surface area contributed by atoms with Crippen LogP contribution in [-0.4, -0.2) is 44.7 Å². The minimum atomic E-state index is -0.164. The maximum Gasteiger partial charge on any atom is 0.255 e. The van der Waals surface area contributed by atoms with Crippen molar-refractivity contribution >= 4 is 34.7 Å². The Morgan fingerprint density at radius 3 is 2.31 bits per heavy atom. The molecule has 5 rings (SSSR count). The van der Waals surface area contributed by atoms with Crippen LogP contribution in [0.15, 0.2) is 85.3 Å². The lowest BCUT2D eigenvalue weighted by Gasteiger charge is -2.19. The van der Waals surface area contributed by atoms with Gasteiger partial charge >= 0.3 is 0 Å². The zero-order valence-electron chi connectivity index (χ0n) is 24.9. The summed E-state index contributed by atoms with van der Waals surface area (Å²) in [7, 11) is 1.78. The first kappa shape index (κ1) is 28.5. The number of benzene rings is 3. The molecule has 0 atom stereocenters. The van der Waals surface area contributed by atoms with Gasteiger partial charge in [0.15, 0.2) is 11.5 Å². The highest BCUT2D eigenvalue weighted by Crippen LogP contribution is 2.31. The number of fused-ring (bicyclic) bond motifs is 1. The van der Waals surface area contributed by atoms with Crippen LogP contribution in [0.5, 0.6) is 0 Å². The number of aromatic nitrogens is 3. The predicted molar refractivity (Wildman–Crippen MR) is 169 cm³/mol. The van der Waals surface area contributed by atoms with E-state index in [1.807, 2.05) is 85.2 Å². The zero-order chi connectivity index (χ0) is 30.0. The average Bonchev–Trinajstić information content (AvgIpc) is 3.46. The molecule has 0 radical (unpaired) electrons. The molecule has 0 aliphatic carbocycles. The number of carbonyl (C=O) groups excluding carboxylic acids is 2. The molecule has 42 heavy (non-hydrogen) atoms. The summed E-state index contributed by atoms with van der Waals surface area (Å²) in [5, 5.41) is 6.44. The van der Waals surface area contributed by atoms with Gasteiger partial charge in [0.25, 0.3) is 11.8 Å². The SMILES string of the molecule is CCN(C)C(=O)c1ccc(Nc2nc(-c3cccc(NC(=O)c4ccc(C(C)(C)C)cc4)c3C)cn3ccnc23)cc1. The van der Waals surface area contributed by atoms with Crippen molar-refractivity contribution < 1.29 is 9.59 Å². The molecule has 2 aromatic heterocycles. The molecule has 8 nitrogen and oxygen atoms in total. The molecule has 5 aromatic rings. The van der Waals surface area contributed by atoms with Crippen molar-refractivity contribution in [2.45, 2.75) is 40.0 Å². The van der Waals surface area contributed by atoms with E-state index in [2.05, 4.69) is 36.4 Å². The number of amides is 2. The molecular formula is C34H36N6O2. The third kappa shape index (κ3) is 5.88. The van der Waals surface area contributed by atoms with Crippen LogP contribution >= 0.6 is 0 Å². The van der Waals surface area contributed by atoms with Gasteiger partial charge in [0, 0.05) is 60.2 Å². The summed E-state index contributed by atoms with van der Waals surface area (Å²) < 4.78 is 1.92. The Balaban J connectivity index is 1.42. The van der Waals surface area contributed by atoms with Gasteiger partial charge in [0.05, 0.1) is 5.69 Å². The largest absolute Gasteiger partial charge is 0.342 e. The minimum absolute atomic E-state index is 0.0190. The van der Waals surface area contributed by atoms with E-state index in [1.165, 1.54) is 5.56 Å². The quantitative estimate of drug-likeness (QED) is 0.222. The lowest BCUT2D eigenvalue weighted by molar-refractivity contribution is 0.0802. The second-order valence-corrected chi connectivity index (χ2v) is 11.4. The van der Waals surface area contributed by atoms with Crippen molar-refractivity contribution in [3.05, 3.63) is 108 Å². The fourth-order valence-corrected chi connectivity index (χ4v) is 4.71. The Kier molecular flexibility index (Phi) is 7.81. The molecule has 0 aliphatic heterocycles. The first-order valence-electron chi connectivity index (χ1n) is 14.0. The molecule has 0 saturated heterocycles. The molecule has 0 fully saturated rings. The number of anilines is 3. The number of hydrogen-bond acceptors (Lipinski definition) is 5. The smallest absolute Gasteiger partial charge is 0.255 e. The van der Waals surface area contributed by atoms with Crippen LogP contribution in [0, 0.1) is 6.92 Å². The van der Waals surface area contributed by atoms with Gasteiger partial charge in [-0.05, 0) is 72.9 Å². The number of imidazole rings is 1. The van der Waals surface area contributed by atoms with Crippen LogP contribution in [0.4, 0.5) is 17.2 Å². The van der Waals surface area contributed by atoms with E-state index < -0.39 is 0 Å². The van der Waals surface area contributed by atoms with E-state index >= 15 is 0 Å². The van der Waals surface area contributed by atoms with Gasteiger partial charge in [0.1, 0.15) is 0 Å². The van der Waals surface area contributed by atoms with Gasteiger partial charge < -0.3 is 19.9 Å². The van der Waals surface area contributed by atoms with Crippen molar-refractivity contribution in [2.75, 3.05) is 24.2 Å². The van der Waals surface area contributed by atoms with Crippen LogP contribution in [0.1, 0.15) is 59.5 Å². The standard InChI is InChI=1S/C34H36N6O2/c1-7-39(6)33(42)24-13-17-26(18-14-24)36-30-31-35-19-20-40(31)21-29(37-30)27-9-8-10-28(22(27)2)38-32(41)23-11-15-25(16-12-23)34(3,4)5/h8-21H,7H2,1-6H3,(H,36,37)(H,38,41). The van der Waals surface area contributed by atoms with Crippen LogP contribution in [-0.2, 0) is 5.41 Å². The molecule has 2 N–H and O–H groups in total. The molecule has 0 bridgehead atoms. The van der Waals surface area contributed by atoms with Crippen molar-refractivity contribution in [1.82, 2.24) is 19.3 Å². The third-order valence-electron chi connectivity index (χ3n) is 7.46. The van der Waals surface area contributed by atoms with Crippen molar-refractivity contribution in [3.63, 3.8) is 0 Å². The molecular weight excluding hydrogens is 524 g/mol. The molecule has 0 spiro atoms. The molecule has 3 aromatic carbocycles. The first-order valence-corrected chi connectivity index (χ1v) is 14.0. The normalized spacial score (nSPS) is 11.4. The second kappa shape index (κ2) is 11.5. The Hall–Kier alpha value is -4.98. The van der Waals surface area contributed by atoms with E-state index in [0.717, 1.165) is 28.2 Å². The van der Waals surface area contributed by atoms with Gasteiger partial charge in [-0.1, -0.05) is 45.0 Å². The topological polar surface area (TPSA) is 91.6 Å². The summed E-state index contributed by atoms with van der Waals surface area (Å²) in [6.45, 7) is 11.0. The van der Waals surface area contributed by atoms with Crippen LogP contribution in [0.3, 0.4) is 0 Å². The molecule has 214 valence electrons. The predicted octanol–water partition coefficient (Wildman–Crippen LogP) is 7.09. The lowest BCUT2D eigenvalue weighted by Crippen LogP contribution is -2.26. The summed E-state index contributed by atoms with van der Waals surface area (Å²) in [4.78, 5) is 36.7. The van der Waals surface area contributed by atoms with Crippen LogP contribution in [0.2, 0.25) is 0 Å².